The zero-order chi connectivity index (χ0) is 13.7. The third-order valence-corrected chi connectivity index (χ3v) is 4.87. The van der Waals surface area contributed by atoms with Crippen LogP contribution in [0.1, 0.15) is 49.6 Å². The smallest absolute Gasteiger partial charge is 0.132 e. The fourth-order valence-electron chi connectivity index (χ4n) is 3.95. The Morgan fingerprint density at radius 3 is 3.15 bits per heavy atom. The summed E-state index contributed by atoms with van der Waals surface area (Å²) in [5, 5.41) is 3.53. The SMILES string of the molecule is CCC[C@@H]1OCc2cc3c(nc21)N1C(C)CNC[C@H]1C3. The van der Waals surface area contributed by atoms with Gasteiger partial charge in [-0.2, -0.15) is 0 Å². The summed E-state index contributed by atoms with van der Waals surface area (Å²) in [6.07, 6.45) is 3.58. The molecule has 0 aromatic carbocycles. The van der Waals surface area contributed by atoms with E-state index < -0.39 is 0 Å². The fraction of sp³-hybridized carbons (Fsp3) is 0.688. The first kappa shape index (κ1) is 12.6. The summed E-state index contributed by atoms with van der Waals surface area (Å²) < 4.78 is 5.91. The lowest BCUT2D eigenvalue weighted by Gasteiger charge is -2.37. The number of nitrogens with zero attached hydrogens (tertiary/aromatic N) is 2. The van der Waals surface area contributed by atoms with Gasteiger partial charge in [0.2, 0.25) is 0 Å². The zero-order valence-corrected chi connectivity index (χ0v) is 12.4. The fourth-order valence-corrected chi connectivity index (χ4v) is 3.95. The van der Waals surface area contributed by atoms with Crippen molar-refractivity contribution in [3.63, 3.8) is 0 Å². The molecule has 1 aromatic heterocycles. The molecule has 4 heteroatoms. The molecule has 3 aliphatic rings. The largest absolute Gasteiger partial charge is 0.367 e. The van der Waals surface area contributed by atoms with Crippen LogP contribution in [0.5, 0.6) is 0 Å². The normalized spacial score (nSPS) is 31.1. The molecule has 1 saturated heterocycles. The van der Waals surface area contributed by atoms with Crippen molar-refractivity contribution >= 4 is 5.82 Å². The van der Waals surface area contributed by atoms with Gasteiger partial charge in [-0.25, -0.2) is 4.98 Å². The van der Waals surface area contributed by atoms with E-state index in [1.165, 1.54) is 22.6 Å². The summed E-state index contributed by atoms with van der Waals surface area (Å²) in [5.74, 6) is 1.23. The predicted octanol–water partition coefficient (Wildman–Crippen LogP) is 2.18. The second-order valence-electron chi connectivity index (χ2n) is 6.38. The van der Waals surface area contributed by atoms with Gasteiger partial charge in [-0.15, -0.1) is 0 Å². The van der Waals surface area contributed by atoms with E-state index in [9.17, 15) is 0 Å². The van der Waals surface area contributed by atoms with Crippen LogP contribution in [0.3, 0.4) is 0 Å². The predicted molar refractivity (Wildman–Crippen MR) is 79.0 cm³/mol. The summed E-state index contributed by atoms with van der Waals surface area (Å²) in [6.45, 7) is 7.40. The summed E-state index contributed by atoms with van der Waals surface area (Å²) >= 11 is 0. The van der Waals surface area contributed by atoms with Crippen LogP contribution in [-0.4, -0.2) is 30.2 Å². The minimum Gasteiger partial charge on any atom is -0.367 e. The molecule has 4 rings (SSSR count). The number of piperazine rings is 1. The zero-order valence-electron chi connectivity index (χ0n) is 12.4. The lowest BCUT2D eigenvalue weighted by molar-refractivity contribution is 0.0578. The molecule has 20 heavy (non-hydrogen) atoms. The minimum atomic E-state index is 0.220. The Balaban J connectivity index is 1.73. The van der Waals surface area contributed by atoms with Gasteiger partial charge in [0.05, 0.1) is 12.3 Å². The molecule has 3 aliphatic heterocycles. The van der Waals surface area contributed by atoms with Gasteiger partial charge in [0, 0.05) is 30.7 Å². The average molecular weight is 273 g/mol. The Bertz CT molecular complexity index is 531. The lowest BCUT2D eigenvalue weighted by atomic mass is 10.0. The van der Waals surface area contributed by atoms with Gasteiger partial charge in [0.25, 0.3) is 0 Å². The number of fused-ring (bicyclic) bond motifs is 4. The van der Waals surface area contributed by atoms with Gasteiger partial charge in [-0.05, 0) is 31.4 Å². The highest BCUT2D eigenvalue weighted by molar-refractivity contribution is 5.58. The van der Waals surface area contributed by atoms with Gasteiger partial charge >= 0.3 is 0 Å². The van der Waals surface area contributed by atoms with Crippen molar-refractivity contribution in [1.82, 2.24) is 10.3 Å². The van der Waals surface area contributed by atoms with E-state index in [1.807, 2.05) is 0 Å². The summed E-state index contributed by atoms with van der Waals surface area (Å²) in [5.41, 5.74) is 3.95. The molecule has 1 N–H and O–H groups in total. The molecule has 0 aliphatic carbocycles. The van der Waals surface area contributed by atoms with Crippen molar-refractivity contribution in [1.29, 1.82) is 0 Å². The van der Waals surface area contributed by atoms with Crippen LogP contribution in [0, 0.1) is 0 Å². The molecule has 3 atom stereocenters. The van der Waals surface area contributed by atoms with Gasteiger partial charge in [-0.1, -0.05) is 13.3 Å². The van der Waals surface area contributed by atoms with Gasteiger partial charge < -0.3 is 15.0 Å². The average Bonchev–Trinajstić information content (AvgIpc) is 2.99. The third-order valence-electron chi connectivity index (χ3n) is 4.87. The highest BCUT2D eigenvalue weighted by Gasteiger charge is 2.38. The topological polar surface area (TPSA) is 37.4 Å². The van der Waals surface area contributed by atoms with E-state index in [1.54, 1.807) is 0 Å². The number of aromatic nitrogens is 1. The first-order chi connectivity index (χ1) is 9.78. The van der Waals surface area contributed by atoms with Crippen LogP contribution in [-0.2, 0) is 17.8 Å². The second-order valence-corrected chi connectivity index (χ2v) is 6.38. The molecule has 0 spiro atoms. The molecule has 0 bridgehead atoms. The summed E-state index contributed by atoms with van der Waals surface area (Å²) in [7, 11) is 0. The lowest BCUT2D eigenvalue weighted by Crippen LogP contribution is -2.55. The van der Waals surface area contributed by atoms with Crippen LogP contribution in [0.15, 0.2) is 6.07 Å². The number of nitrogens with one attached hydrogen (secondary N) is 1. The quantitative estimate of drug-likeness (QED) is 0.896. The number of ether oxygens (including phenoxy) is 1. The first-order valence-corrected chi connectivity index (χ1v) is 7.91. The van der Waals surface area contributed by atoms with E-state index in [2.05, 4.69) is 30.1 Å². The van der Waals surface area contributed by atoms with Crippen LogP contribution in [0.2, 0.25) is 0 Å². The van der Waals surface area contributed by atoms with Crippen LogP contribution < -0.4 is 10.2 Å². The molecule has 1 fully saturated rings. The van der Waals surface area contributed by atoms with E-state index in [4.69, 9.17) is 9.72 Å². The molecular weight excluding hydrogens is 250 g/mol. The van der Waals surface area contributed by atoms with Crippen molar-refractivity contribution in [3.8, 4) is 0 Å². The Labute approximate surface area is 120 Å². The number of anilines is 1. The standard InChI is InChI=1S/C16H23N3O/c1-3-4-14-15-12(9-20-14)5-11-6-13-8-17-7-10(2)19(13)16(11)18-15/h5,10,13-14,17H,3-4,6-9H2,1-2H3/t10?,13-,14+/m1/s1. The molecular formula is C16H23N3O. The van der Waals surface area contributed by atoms with Crippen LogP contribution in [0.4, 0.5) is 5.82 Å². The first-order valence-electron chi connectivity index (χ1n) is 7.91. The van der Waals surface area contributed by atoms with E-state index in [0.29, 0.717) is 12.1 Å². The Morgan fingerprint density at radius 2 is 2.30 bits per heavy atom. The maximum atomic E-state index is 5.91. The Morgan fingerprint density at radius 1 is 1.40 bits per heavy atom. The van der Waals surface area contributed by atoms with Crippen LogP contribution in [0.25, 0.3) is 0 Å². The summed E-state index contributed by atoms with van der Waals surface area (Å²) in [4.78, 5) is 7.58. The molecule has 4 nitrogen and oxygen atoms in total. The molecule has 0 amide bonds. The van der Waals surface area contributed by atoms with Crippen molar-refractivity contribution < 1.29 is 4.74 Å². The number of hydrogen-bond acceptors (Lipinski definition) is 4. The van der Waals surface area contributed by atoms with Crippen molar-refractivity contribution in [2.45, 2.75) is 57.9 Å². The monoisotopic (exact) mass is 273 g/mol. The molecule has 4 heterocycles. The van der Waals surface area contributed by atoms with Crippen molar-refractivity contribution in [2.75, 3.05) is 18.0 Å². The maximum absolute atomic E-state index is 5.91. The minimum absolute atomic E-state index is 0.220. The molecule has 108 valence electrons. The number of pyridine rings is 1. The van der Waals surface area contributed by atoms with Crippen LogP contribution >= 0.6 is 0 Å². The Hall–Kier alpha value is -1.13. The highest BCUT2D eigenvalue weighted by atomic mass is 16.5. The number of hydrogen-bond donors (Lipinski definition) is 1. The second kappa shape index (κ2) is 4.71. The Kier molecular flexibility index (Phi) is 2.97. The van der Waals surface area contributed by atoms with Gasteiger partial charge in [0.1, 0.15) is 11.9 Å². The molecule has 0 radical (unpaired) electrons. The van der Waals surface area contributed by atoms with Crippen molar-refractivity contribution in [2.24, 2.45) is 0 Å². The molecule has 1 unspecified atom stereocenters. The molecule has 1 aromatic rings. The summed E-state index contributed by atoms with van der Waals surface area (Å²) in [6, 6.07) is 3.49. The van der Waals surface area contributed by atoms with E-state index in [0.717, 1.165) is 39.0 Å². The van der Waals surface area contributed by atoms with E-state index >= 15 is 0 Å². The third kappa shape index (κ3) is 1.78. The van der Waals surface area contributed by atoms with E-state index in [-0.39, 0.29) is 6.10 Å². The van der Waals surface area contributed by atoms with Crippen molar-refractivity contribution in [3.05, 3.63) is 22.9 Å². The number of rotatable bonds is 2. The molecule has 0 saturated carbocycles. The maximum Gasteiger partial charge on any atom is 0.132 e. The van der Waals surface area contributed by atoms with Gasteiger partial charge in [0.15, 0.2) is 0 Å². The highest BCUT2D eigenvalue weighted by Crippen LogP contribution is 2.40. The van der Waals surface area contributed by atoms with Gasteiger partial charge in [-0.3, -0.25) is 0 Å².